The molecule has 0 radical (unpaired) electrons. The average molecular weight is 241 g/mol. The Morgan fingerprint density at radius 3 is 2.88 bits per heavy atom. The molecule has 1 saturated heterocycles. The van der Waals surface area contributed by atoms with Gasteiger partial charge in [-0.15, -0.1) is 0 Å². The van der Waals surface area contributed by atoms with Gasteiger partial charge in [-0.25, -0.2) is 4.79 Å². The summed E-state index contributed by atoms with van der Waals surface area (Å²) in [6.45, 7) is 3.83. The van der Waals surface area contributed by atoms with Crippen molar-refractivity contribution < 1.29 is 14.4 Å². The number of carbonyl (C=O) groups is 3. The van der Waals surface area contributed by atoms with Crippen LogP contribution in [-0.4, -0.2) is 49.3 Å². The quantitative estimate of drug-likeness (QED) is 0.665. The van der Waals surface area contributed by atoms with Crippen molar-refractivity contribution in [3.63, 3.8) is 0 Å². The number of hydrogen-bond donors (Lipinski definition) is 2. The molecular weight excluding hydrogens is 222 g/mol. The van der Waals surface area contributed by atoms with Gasteiger partial charge in [-0.2, -0.15) is 0 Å². The number of urea groups is 1. The number of nitrogens with zero attached hydrogens (tertiary/aromatic N) is 1. The van der Waals surface area contributed by atoms with Gasteiger partial charge < -0.3 is 10.1 Å². The van der Waals surface area contributed by atoms with Gasteiger partial charge in [-0.3, -0.25) is 15.0 Å². The molecule has 1 fully saturated rings. The van der Waals surface area contributed by atoms with E-state index in [1.807, 2.05) is 4.90 Å². The lowest BCUT2D eigenvalue weighted by Crippen LogP contribution is -2.46. The largest absolute Gasteiger partial charge is 0.338 e. The van der Waals surface area contributed by atoms with Gasteiger partial charge in [0.05, 0.1) is 6.54 Å². The minimum atomic E-state index is -0.471. The van der Waals surface area contributed by atoms with Crippen LogP contribution in [0.5, 0.6) is 0 Å². The van der Waals surface area contributed by atoms with Crippen LogP contribution in [0.4, 0.5) is 4.79 Å². The van der Waals surface area contributed by atoms with Crippen LogP contribution in [0, 0.1) is 5.92 Å². The van der Waals surface area contributed by atoms with Crippen LogP contribution in [0.2, 0.25) is 0 Å². The van der Waals surface area contributed by atoms with Crippen molar-refractivity contribution in [3.05, 3.63) is 0 Å². The molecule has 1 aliphatic rings. The van der Waals surface area contributed by atoms with Gasteiger partial charge in [-0.1, -0.05) is 0 Å². The summed E-state index contributed by atoms with van der Waals surface area (Å²) in [7, 11) is 0. The zero-order valence-electron chi connectivity index (χ0n) is 10.1. The lowest BCUT2D eigenvalue weighted by Gasteiger charge is -2.29. The van der Waals surface area contributed by atoms with Crippen LogP contribution in [0.3, 0.4) is 0 Å². The van der Waals surface area contributed by atoms with E-state index in [1.165, 1.54) is 0 Å². The molecule has 0 saturated carbocycles. The molecule has 6 heteroatoms. The Labute approximate surface area is 101 Å². The van der Waals surface area contributed by atoms with Crippen molar-refractivity contribution >= 4 is 18.2 Å². The van der Waals surface area contributed by atoms with Gasteiger partial charge in [0.2, 0.25) is 5.91 Å². The molecule has 17 heavy (non-hydrogen) atoms. The molecule has 3 amide bonds. The number of imide groups is 1. The Morgan fingerprint density at radius 2 is 2.24 bits per heavy atom. The molecule has 1 aliphatic heterocycles. The first-order valence-electron chi connectivity index (χ1n) is 5.91. The monoisotopic (exact) mass is 241 g/mol. The molecule has 0 spiro atoms. The van der Waals surface area contributed by atoms with Crippen molar-refractivity contribution in [2.45, 2.75) is 19.8 Å². The van der Waals surface area contributed by atoms with Crippen molar-refractivity contribution in [1.29, 1.82) is 0 Å². The highest BCUT2D eigenvalue weighted by molar-refractivity contribution is 5.95. The van der Waals surface area contributed by atoms with Gasteiger partial charge in [0, 0.05) is 19.0 Å². The summed E-state index contributed by atoms with van der Waals surface area (Å²) in [5, 5.41) is 4.73. The van der Waals surface area contributed by atoms with E-state index in [0.29, 0.717) is 13.1 Å². The third kappa shape index (κ3) is 4.95. The number of aldehydes is 1. The summed E-state index contributed by atoms with van der Waals surface area (Å²) >= 11 is 0. The number of hydrogen-bond acceptors (Lipinski definition) is 4. The smallest absolute Gasteiger partial charge is 0.321 e. The van der Waals surface area contributed by atoms with Crippen LogP contribution in [0.1, 0.15) is 19.8 Å². The molecule has 2 N–H and O–H groups in total. The minimum absolute atomic E-state index is 0.0148. The molecule has 0 aliphatic carbocycles. The number of piperidine rings is 1. The molecule has 0 aromatic carbocycles. The van der Waals surface area contributed by atoms with E-state index >= 15 is 0 Å². The molecule has 1 unspecified atom stereocenters. The van der Waals surface area contributed by atoms with Crippen molar-refractivity contribution in [1.82, 2.24) is 15.5 Å². The van der Waals surface area contributed by atoms with Gasteiger partial charge in [0.1, 0.15) is 6.29 Å². The number of amides is 3. The van der Waals surface area contributed by atoms with E-state index < -0.39 is 6.03 Å². The van der Waals surface area contributed by atoms with Crippen LogP contribution in [0.25, 0.3) is 0 Å². The third-order valence-corrected chi connectivity index (χ3v) is 2.69. The first-order valence-corrected chi connectivity index (χ1v) is 5.91. The zero-order chi connectivity index (χ0) is 12.7. The number of nitrogens with one attached hydrogen (secondary N) is 2. The van der Waals surface area contributed by atoms with E-state index in [-0.39, 0.29) is 18.4 Å². The van der Waals surface area contributed by atoms with E-state index in [2.05, 4.69) is 10.6 Å². The second kappa shape index (κ2) is 7.01. The molecule has 0 aromatic rings. The molecule has 6 nitrogen and oxygen atoms in total. The molecule has 0 aromatic heterocycles. The summed E-state index contributed by atoms with van der Waals surface area (Å²) in [4.78, 5) is 35.2. The first kappa shape index (κ1) is 13.6. The second-order valence-corrected chi connectivity index (χ2v) is 4.18. The third-order valence-electron chi connectivity index (χ3n) is 2.69. The number of likely N-dealkylation sites (tertiary alicyclic amines) is 1. The van der Waals surface area contributed by atoms with E-state index in [1.54, 1.807) is 6.92 Å². The fourth-order valence-corrected chi connectivity index (χ4v) is 1.92. The van der Waals surface area contributed by atoms with Gasteiger partial charge >= 0.3 is 6.03 Å². The average Bonchev–Trinajstić information content (AvgIpc) is 2.29. The van der Waals surface area contributed by atoms with E-state index in [0.717, 1.165) is 25.7 Å². The van der Waals surface area contributed by atoms with E-state index in [9.17, 15) is 14.4 Å². The van der Waals surface area contributed by atoms with Crippen molar-refractivity contribution in [2.75, 3.05) is 26.2 Å². The molecule has 0 bridgehead atoms. The maximum Gasteiger partial charge on any atom is 0.321 e. The minimum Gasteiger partial charge on any atom is -0.338 e. The zero-order valence-corrected chi connectivity index (χ0v) is 10.1. The Morgan fingerprint density at radius 1 is 1.47 bits per heavy atom. The molecular formula is C11H19N3O3. The standard InChI is InChI=1S/C11H19N3O3/c1-2-12-11(17)13-10(16)7-14-5-3-4-9(6-14)8-15/h8-9H,2-7H2,1H3,(H2,12,13,16,17). The topological polar surface area (TPSA) is 78.5 Å². The van der Waals surface area contributed by atoms with Crippen LogP contribution < -0.4 is 10.6 Å². The maximum atomic E-state index is 11.5. The normalized spacial score (nSPS) is 20.6. The maximum absolute atomic E-state index is 11.5. The Bertz CT molecular complexity index is 294. The fraction of sp³-hybridized carbons (Fsp3) is 0.727. The van der Waals surface area contributed by atoms with Crippen LogP contribution >= 0.6 is 0 Å². The lowest BCUT2D eigenvalue weighted by atomic mass is 10.00. The number of carbonyl (C=O) groups excluding carboxylic acids is 3. The highest BCUT2D eigenvalue weighted by atomic mass is 16.2. The highest BCUT2D eigenvalue weighted by Crippen LogP contribution is 2.13. The highest BCUT2D eigenvalue weighted by Gasteiger charge is 2.21. The lowest BCUT2D eigenvalue weighted by molar-refractivity contribution is -0.122. The SMILES string of the molecule is CCNC(=O)NC(=O)CN1CCCC(C=O)C1. The van der Waals surface area contributed by atoms with Gasteiger partial charge in [-0.05, 0) is 26.3 Å². The van der Waals surface area contributed by atoms with Crippen molar-refractivity contribution in [3.8, 4) is 0 Å². The van der Waals surface area contributed by atoms with Crippen LogP contribution in [0.15, 0.2) is 0 Å². The summed E-state index contributed by atoms with van der Waals surface area (Å²) in [5.41, 5.74) is 0. The van der Waals surface area contributed by atoms with Crippen LogP contribution in [-0.2, 0) is 9.59 Å². The van der Waals surface area contributed by atoms with Gasteiger partial charge in [0.15, 0.2) is 0 Å². The Kier molecular flexibility index (Phi) is 5.62. The molecule has 1 atom stereocenters. The van der Waals surface area contributed by atoms with E-state index in [4.69, 9.17) is 0 Å². The van der Waals surface area contributed by atoms with Gasteiger partial charge in [0.25, 0.3) is 0 Å². The second-order valence-electron chi connectivity index (χ2n) is 4.18. The molecule has 96 valence electrons. The first-order chi connectivity index (χ1) is 8.15. The summed E-state index contributed by atoms with van der Waals surface area (Å²) in [6, 6.07) is -0.471. The number of rotatable bonds is 4. The predicted octanol–water partition coefficient (Wildman–Crippen LogP) is -0.257. The van der Waals surface area contributed by atoms with Crippen molar-refractivity contribution in [2.24, 2.45) is 5.92 Å². The summed E-state index contributed by atoms with van der Waals surface area (Å²) in [5.74, 6) is -0.316. The predicted molar refractivity (Wildman–Crippen MR) is 62.4 cm³/mol. The molecule has 1 heterocycles. The fourth-order valence-electron chi connectivity index (χ4n) is 1.92. The summed E-state index contributed by atoms with van der Waals surface area (Å²) < 4.78 is 0. The Balaban J connectivity index is 2.30. The molecule has 1 rings (SSSR count). The summed E-state index contributed by atoms with van der Waals surface area (Å²) in [6.07, 6.45) is 2.74. The Hall–Kier alpha value is -1.43.